The zero-order valence-corrected chi connectivity index (χ0v) is 17.8. The lowest BCUT2D eigenvalue weighted by molar-refractivity contribution is 0.102. The van der Waals surface area contributed by atoms with Crippen LogP contribution >= 0.6 is 0 Å². The lowest BCUT2D eigenvalue weighted by Gasteiger charge is -2.44. The van der Waals surface area contributed by atoms with Gasteiger partial charge in [0.15, 0.2) is 0 Å². The molecule has 0 spiro atoms. The number of hydrogen-bond donors (Lipinski definition) is 0. The van der Waals surface area contributed by atoms with Crippen LogP contribution in [-0.4, -0.2) is 46.6 Å². The number of aromatic nitrogens is 2. The molecule has 1 aliphatic carbocycles. The molecule has 1 aliphatic heterocycles. The summed E-state index contributed by atoms with van der Waals surface area (Å²) in [4.78, 5) is 14.7. The second kappa shape index (κ2) is 7.46. The summed E-state index contributed by atoms with van der Waals surface area (Å²) in [7, 11) is 0. The van der Waals surface area contributed by atoms with Crippen LogP contribution in [0.25, 0.3) is 0 Å². The van der Waals surface area contributed by atoms with E-state index >= 15 is 0 Å². The zero-order valence-electron chi connectivity index (χ0n) is 17.8. The Bertz CT molecular complexity index is 609. The Hall–Kier alpha value is -1.16. The molecule has 0 N–H and O–H groups in total. The van der Waals surface area contributed by atoms with Gasteiger partial charge < -0.3 is 4.90 Å². The summed E-state index contributed by atoms with van der Waals surface area (Å²) in [6.07, 6.45) is 8.12. The van der Waals surface area contributed by atoms with Gasteiger partial charge in [0.2, 0.25) is 5.95 Å². The van der Waals surface area contributed by atoms with E-state index in [0.717, 1.165) is 50.9 Å². The third-order valence-electron chi connectivity index (χ3n) is 6.64. The molecule has 1 unspecified atom stereocenters. The maximum absolute atomic E-state index is 4.97. The average Bonchev–Trinajstić information content (AvgIpc) is 2.60. The summed E-state index contributed by atoms with van der Waals surface area (Å²) in [5, 5.41) is 0. The van der Waals surface area contributed by atoms with E-state index in [1.807, 2.05) is 0 Å². The van der Waals surface area contributed by atoms with Crippen LogP contribution in [0.3, 0.4) is 0 Å². The van der Waals surface area contributed by atoms with E-state index in [1.165, 1.54) is 30.5 Å². The van der Waals surface area contributed by atoms with Gasteiger partial charge >= 0.3 is 0 Å². The monoisotopic (exact) mass is 358 g/mol. The van der Waals surface area contributed by atoms with Crippen LogP contribution in [0, 0.1) is 11.3 Å². The molecule has 0 radical (unpaired) electrons. The minimum Gasteiger partial charge on any atom is -0.338 e. The first-order chi connectivity index (χ1) is 12.2. The molecule has 0 saturated carbocycles. The molecular weight excluding hydrogens is 320 g/mol. The predicted octanol–water partition coefficient (Wildman–Crippen LogP) is 4.33. The van der Waals surface area contributed by atoms with Crippen molar-refractivity contribution in [3.8, 4) is 0 Å². The van der Waals surface area contributed by atoms with Gasteiger partial charge in [-0.05, 0) is 56.4 Å². The maximum atomic E-state index is 4.97. The number of nitrogens with zero attached hydrogens (tertiary/aromatic N) is 4. The third kappa shape index (κ3) is 4.21. The van der Waals surface area contributed by atoms with Gasteiger partial charge in [-0.15, -0.1) is 0 Å². The van der Waals surface area contributed by atoms with Gasteiger partial charge in [-0.25, -0.2) is 9.97 Å². The topological polar surface area (TPSA) is 32.3 Å². The van der Waals surface area contributed by atoms with E-state index in [2.05, 4.69) is 57.5 Å². The molecule has 1 aromatic rings. The smallest absolute Gasteiger partial charge is 0.225 e. The van der Waals surface area contributed by atoms with Crippen LogP contribution in [0.5, 0.6) is 0 Å². The van der Waals surface area contributed by atoms with E-state index in [-0.39, 0.29) is 0 Å². The van der Waals surface area contributed by atoms with Gasteiger partial charge in [0, 0.05) is 43.6 Å². The minimum atomic E-state index is 0.305. The fourth-order valence-electron chi connectivity index (χ4n) is 4.67. The molecule has 0 aromatic carbocycles. The van der Waals surface area contributed by atoms with Crippen LogP contribution in [0.4, 0.5) is 5.95 Å². The maximum Gasteiger partial charge on any atom is 0.225 e. The van der Waals surface area contributed by atoms with Crippen LogP contribution < -0.4 is 4.90 Å². The van der Waals surface area contributed by atoms with Crippen LogP contribution in [0.2, 0.25) is 0 Å². The number of piperazine rings is 1. The van der Waals surface area contributed by atoms with Gasteiger partial charge in [-0.3, -0.25) is 4.90 Å². The van der Waals surface area contributed by atoms with Gasteiger partial charge in [0.05, 0.1) is 0 Å². The highest BCUT2D eigenvalue weighted by molar-refractivity contribution is 5.35. The fraction of sp³-hybridized carbons (Fsp3) is 0.818. The molecule has 1 fully saturated rings. The summed E-state index contributed by atoms with van der Waals surface area (Å²) < 4.78 is 0. The molecule has 26 heavy (non-hydrogen) atoms. The molecule has 146 valence electrons. The first-order valence-corrected chi connectivity index (χ1v) is 10.6. The quantitative estimate of drug-likeness (QED) is 0.802. The van der Waals surface area contributed by atoms with Gasteiger partial charge in [-0.2, -0.15) is 0 Å². The Kier molecular flexibility index (Phi) is 5.62. The SMILES string of the molecule is CCCC(C)(C)N1CCN(c2ncc3c(n2)CCC(C(C)(C)C)C3)CC1. The molecule has 0 bridgehead atoms. The van der Waals surface area contributed by atoms with Crippen LogP contribution in [0.1, 0.15) is 72.1 Å². The van der Waals surface area contributed by atoms with Crippen molar-refractivity contribution in [1.82, 2.24) is 14.9 Å². The third-order valence-corrected chi connectivity index (χ3v) is 6.64. The van der Waals surface area contributed by atoms with Crippen LogP contribution in [0.15, 0.2) is 6.20 Å². The molecule has 4 nitrogen and oxygen atoms in total. The van der Waals surface area contributed by atoms with E-state index in [9.17, 15) is 0 Å². The summed E-state index contributed by atoms with van der Waals surface area (Å²) in [6.45, 7) is 18.4. The van der Waals surface area contributed by atoms with Gasteiger partial charge in [0.1, 0.15) is 0 Å². The molecule has 1 atom stereocenters. The van der Waals surface area contributed by atoms with Crippen molar-refractivity contribution in [2.24, 2.45) is 11.3 Å². The molecule has 3 rings (SSSR count). The normalized spacial score (nSPS) is 22.4. The molecular formula is C22H38N4. The molecule has 2 heterocycles. The summed E-state index contributed by atoms with van der Waals surface area (Å²) in [5.41, 5.74) is 3.35. The van der Waals surface area contributed by atoms with Crippen molar-refractivity contribution < 1.29 is 0 Å². The van der Waals surface area contributed by atoms with E-state index in [4.69, 9.17) is 9.97 Å². The second-order valence-electron chi connectivity index (χ2n) is 9.98. The lowest BCUT2D eigenvalue weighted by atomic mass is 9.72. The van der Waals surface area contributed by atoms with Gasteiger partial charge in [0.25, 0.3) is 0 Å². The number of hydrogen-bond acceptors (Lipinski definition) is 4. The minimum absolute atomic E-state index is 0.305. The Morgan fingerprint density at radius 1 is 1.08 bits per heavy atom. The summed E-state index contributed by atoms with van der Waals surface area (Å²) in [6, 6.07) is 0. The second-order valence-corrected chi connectivity index (χ2v) is 9.98. The van der Waals surface area contributed by atoms with E-state index in [0.29, 0.717) is 11.0 Å². The number of anilines is 1. The zero-order chi connectivity index (χ0) is 18.9. The van der Waals surface area contributed by atoms with Crippen molar-refractivity contribution in [1.29, 1.82) is 0 Å². The highest BCUT2D eigenvalue weighted by Gasteiger charge is 2.32. The Morgan fingerprint density at radius 3 is 2.38 bits per heavy atom. The van der Waals surface area contributed by atoms with Crippen LogP contribution in [-0.2, 0) is 12.8 Å². The highest BCUT2D eigenvalue weighted by atomic mass is 15.3. The standard InChI is InChI=1S/C22H38N4/c1-7-10-22(5,6)26-13-11-25(12-14-26)20-23-16-17-15-18(21(2,3)4)8-9-19(17)24-20/h16,18H,7-15H2,1-6H3. The average molecular weight is 359 g/mol. The Labute approximate surface area is 160 Å². The molecule has 0 amide bonds. The van der Waals surface area contributed by atoms with Crippen molar-refractivity contribution in [3.05, 3.63) is 17.5 Å². The molecule has 4 heteroatoms. The predicted molar refractivity (Wildman–Crippen MR) is 110 cm³/mol. The van der Waals surface area contributed by atoms with E-state index in [1.54, 1.807) is 0 Å². The fourth-order valence-corrected chi connectivity index (χ4v) is 4.67. The first-order valence-electron chi connectivity index (χ1n) is 10.6. The molecule has 1 saturated heterocycles. The van der Waals surface area contributed by atoms with Crippen molar-refractivity contribution in [2.45, 2.75) is 79.2 Å². The Balaban J connectivity index is 1.64. The van der Waals surface area contributed by atoms with Gasteiger partial charge in [-0.1, -0.05) is 34.1 Å². The highest BCUT2D eigenvalue weighted by Crippen LogP contribution is 2.37. The molecule has 1 aromatic heterocycles. The number of aryl methyl sites for hydroxylation is 1. The number of fused-ring (bicyclic) bond motifs is 1. The van der Waals surface area contributed by atoms with Crippen molar-refractivity contribution in [3.63, 3.8) is 0 Å². The summed E-state index contributed by atoms with van der Waals surface area (Å²) >= 11 is 0. The largest absolute Gasteiger partial charge is 0.338 e. The summed E-state index contributed by atoms with van der Waals surface area (Å²) in [5.74, 6) is 1.69. The lowest BCUT2D eigenvalue weighted by Crippen LogP contribution is -2.55. The molecule has 2 aliphatic rings. The van der Waals surface area contributed by atoms with Crippen molar-refractivity contribution in [2.75, 3.05) is 31.1 Å². The number of rotatable bonds is 4. The van der Waals surface area contributed by atoms with Crippen molar-refractivity contribution >= 4 is 5.95 Å². The Morgan fingerprint density at radius 2 is 1.77 bits per heavy atom. The first kappa shape index (κ1) is 19.6. The van der Waals surface area contributed by atoms with E-state index < -0.39 is 0 Å².